The van der Waals surface area contributed by atoms with Gasteiger partial charge in [-0.25, -0.2) is 0 Å². The summed E-state index contributed by atoms with van der Waals surface area (Å²) in [5, 5.41) is 0. The predicted octanol–water partition coefficient (Wildman–Crippen LogP) is 2.53. The maximum Gasteiger partial charge on any atom is 0.164 e. The summed E-state index contributed by atoms with van der Waals surface area (Å²) in [5.41, 5.74) is 1.55. The molecule has 0 N–H and O–H groups in total. The molecule has 0 saturated heterocycles. The molecule has 0 radical (unpaired) electrons. The van der Waals surface area contributed by atoms with E-state index in [-0.39, 0.29) is 22.9 Å². The first-order chi connectivity index (χ1) is 6.28. The minimum atomic E-state index is -0.389. The number of hydrogen-bond acceptors (Lipinski definition) is 2. The van der Waals surface area contributed by atoms with E-state index in [0.29, 0.717) is 6.42 Å². The highest BCUT2D eigenvalue weighted by Gasteiger charge is 2.44. The molecule has 1 aliphatic carbocycles. The van der Waals surface area contributed by atoms with Gasteiger partial charge in [-0.3, -0.25) is 4.79 Å². The minimum Gasteiger partial charge on any atom is -0.300 e. The highest BCUT2D eigenvalue weighted by molar-refractivity contribution is 6.03. The molecule has 0 saturated carbocycles. The van der Waals surface area contributed by atoms with Gasteiger partial charge in [-0.15, -0.1) is 0 Å². The van der Waals surface area contributed by atoms with Crippen molar-refractivity contribution in [3.63, 3.8) is 0 Å². The molecular weight excluding hydrogens is 176 g/mol. The second-order valence-electron chi connectivity index (χ2n) is 4.82. The summed E-state index contributed by atoms with van der Waals surface area (Å²) in [6, 6.07) is 0. The van der Waals surface area contributed by atoms with Crippen molar-refractivity contribution in [3.05, 3.63) is 11.1 Å². The lowest BCUT2D eigenvalue weighted by atomic mass is 9.75. The first-order valence-corrected chi connectivity index (χ1v) is 5.00. The molecular formula is C12H18O2. The first-order valence-electron chi connectivity index (χ1n) is 5.00. The van der Waals surface area contributed by atoms with E-state index < -0.39 is 0 Å². The van der Waals surface area contributed by atoms with Crippen LogP contribution in [0.25, 0.3) is 0 Å². The summed E-state index contributed by atoms with van der Waals surface area (Å²) in [7, 11) is 0. The fourth-order valence-electron chi connectivity index (χ4n) is 2.32. The second-order valence-corrected chi connectivity index (χ2v) is 4.82. The molecule has 1 unspecified atom stereocenters. The van der Waals surface area contributed by atoms with Gasteiger partial charge in [-0.1, -0.05) is 19.4 Å². The van der Waals surface area contributed by atoms with Gasteiger partial charge < -0.3 is 4.79 Å². The fourth-order valence-corrected chi connectivity index (χ4v) is 2.32. The molecule has 2 heteroatoms. The maximum absolute atomic E-state index is 11.9. The van der Waals surface area contributed by atoms with Gasteiger partial charge in [0.05, 0.1) is 0 Å². The number of allylic oxidation sites excluding steroid dienone is 2. The van der Waals surface area contributed by atoms with Gasteiger partial charge in [0.25, 0.3) is 0 Å². The third-order valence-electron chi connectivity index (χ3n) is 3.40. The molecule has 0 fully saturated rings. The van der Waals surface area contributed by atoms with E-state index in [1.165, 1.54) is 0 Å². The zero-order chi connectivity index (χ0) is 11.1. The molecule has 78 valence electrons. The van der Waals surface area contributed by atoms with Crippen LogP contribution in [0, 0.1) is 11.3 Å². The van der Waals surface area contributed by atoms with Gasteiger partial charge >= 0.3 is 0 Å². The molecule has 14 heavy (non-hydrogen) atoms. The Morgan fingerprint density at radius 1 is 1.36 bits per heavy atom. The Morgan fingerprint density at radius 3 is 2.14 bits per heavy atom. The van der Waals surface area contributed by atoms with Crippen molar-refractivity contribution < 1.29 is 9.59 Å². The highest BCUT2D eigenvalue weighted by atomic mass is 16.1. The van der Waals surface area contributed by atoms with Crippen molar-refractivity contribution >= 4 is 11.6 Å². The largest absolute Gasteiger partial charge is 0.300 e. The van der Waals surface area contributed by atoms with Crippen LogP contribution in [0.15, 0.2) is 11.1 Å². The zero-order valence-corrected chi connectivity index (χ0v) is 9.60. The molecule has 2 nitrogen and oxygen atoms in total. The smallest absolute Gasteiger partial charge is 0.164 e. The van der Waals surface area contributed by atoms with Gasteiger partial charge in [-0.2, -0.15) is 0 Å². The molecule has 1 aliphatic rings. The van der Waals surface area contributed by atoms with Gasteiger partial charge in [0, 0.05) is 11.8 Å². The average Bonchev–Trinajstić information content (AvgIpc) is 2.20. The summed E-state index contributed by atoms with van der Waals surface area (Å²) >= 11 is 0. The Morgan fingerprint density at radius 2 is 1.86 bits per heavy atom. The summed E-state index contributed by atoms with van der Waals surface area (Å²) in [5.74, 6) is 0.457. The summed E-state index contributed by atoms with van der Waals surface area (Å²) in [6.07, 6.45) is 0.488. The summed E-state index contributed by atoms with van der Waals surface area (Å²) < 4.78 is 0. The van der Waals surface area contributed by atoms with Crippen LogP contribution in [0.5, 0.6) is 0 Å². The Labute approximate surface area is 85.4 Å². The lowest BCUT2D eigenvalue weighted by molar-refractivity contribution is -0.124. The Kier molecular flexibility index (Phi) is 2.66. The number of hydrogen-bond donors (Lipinski definition) is 0. The molecule has 0 aromatic heterocycles. The quantitative estimate of drug-likeness (QED) is 0.677. The van der Waals surface area contributed by atoms with Crippen molar-refractivity contribution in [2.75, 3.05) is 0 Å². The van der Waals surface area contributed by atoms with Crippen molar-refractivity contribution in [2.45, 2.75) is 41.0 Å². The average molecular weight is 194 g/mol. The predicted molar refractivity (Wildman–Crippen MR) is 56.0 cm³/mol. The van der Waals surface area contributed by atoms with Gasteiger partial charge in [0.2, 0.25) is 0 Å². The van der Waals surface area contributed by atoms with Crippen molar-refractivity contribution in [3.8, 4) is 0 Å². The number of carbonyl (C=O) groups excluding carboxylic acids is 2. The van der Waals surface area contributed by atoms with Gasteiger partial charge in [0.15, 0.2) is 5.78 Å². The Balaban J connectivity index is 3.05. The zero-order valence-electron chi connectivity index (χ0n) is 9.60. The van der Waals surface area contributed by atoms with E-state index >= 15 is 0 Å². The Hall–Kier alpha value is -0.920. The molecule has 0 amide bonds. The van der Waals surface area contributed by atoms with Crippen LogP contribution in [-0.2, 0) is 9.59 Å². The van der Waals surface area contributed by atoms with Crippen LogP contribution in [0.2, 0.25) is 0 Å². The van der Waals surface area contributed by atoms with E-state index in [9.17, 15) is 9.59 Å². The molecule has 0 spiro atoms. The van der Waals surface area contributed by atoms with E-state index in [1.54, 1.807) is 6.92 Å². The monoisotopic (exact) mass is 194 g/mol. The molecule has 0 aromatic rings. The molecule has 1 atom stereocenters. The third kappa shape index (κ3) is 1.54. The van der Waals surface area contributed by atoms with Crippen molar-refractivity contribution in [1.82, 2.24) is 0 Å². The molecule has 0 bridgehead atoms. The Bertz CT molecular complexity index is 321. The van der Waals surface area contributed by atoms with Crippen LogP contribution in [0.4, 0.5) is 0 Å². The third-order valence-corrected chi connectivity index (χ3v) is 3.40. The second kappa shape index (κ2) is 3.34. The normalized spacial score (nSPS) is 25.8. The lowest BCUT2D eigenvalue weighted by Gasteiger charge is -2.26. The maximum atomic E-state index is 11.9. The van der Waals surface area contributed by atoms with Gasteiger partial charge in [-0.05, 0) is 32.3 Å². The van der Waals surface area contributed by atoms with Crippen molar-refractivity contribution in [1.29, 1.82) is 0 Å². The van der Waals surface area contributed by atoms with Crippen LogP contribution in [0.3, 0.4) is 0 Å². The number of rotatable bonds is 2. The molecule has 0 aliphatic heterocycles. The van der Waals surface area contributed by atoms with Crippen LogP contribution in [-0.4, -0.2) is 11.6 Å². The van der Waals surface area contributed by atoms with Crippen LogP contribution >= 0.6 is 0 Å². The van der Waals surface area contributed by atoms with E-state index in [4.69, 9.17) is 0 Å². The van der Waals surface area contributed by atoms with Crippen LogP contribution < -0.4 is 0 Å². The van der Waals surface area contributed by atoms with Gasteiger partial charge in [0.1, 0.15) is 5.78 Å². The van der Waals surface area contributed by atoms with E-state index in [2.05, 4.69) is 0 Å². The standard InChI is InChI=1S/C12H18O2/c1-7(13)6-10-8(2)9(3)11(14)12(10,4)5/h10H,6H2,1-5H3. The van der Waals surface area contributed by atoms with Crippen LogP contribution in [0.1, 0.15) is 41.0 Å². The summed E-state index contributed by atoms with van der Waals surface area (Å²) in [4.78, 5) is 23.0. The van der Waals surface area contributed by atoms with E-state index in [1.807, 2.05) is 27.7 Å². The highest BCUT2D eigenvalue weighted by Crippen LogP contribution is 2.45. The minimum absolute atomic E-state index is 0.104. The fraction of sp³-hybridized carbons (Fsp3) is 0.667. The number of ketones is 2. The molecule has 0 heterocycles. The number of carbonyl (C=O) groups is 2. The summed E-state index contributed by atoms with van der Waals surface area (Å²) in [6.45, 7) is 9.28. The topological polar surface area (TPSA) is 34.1 Å². The first kappa shape index (κ1) is 11.2. The number of Topliss-reactive ketones (excluding diaryl/α,β-unsaturated/α-hetero) is 2. The van der Waals surface area contributed by atoms with E-state index in [0.717, 1.165) is 11.1 Å². The SMILES string of the molecule is CC(=O)CC1C(C)=C(C)C(=O)C1(C)C. The lowest BCUT2D eigenvalue weighted by Crippen LogP contribution is -2.28. The van der Waals surface area contributed by atoms with Crippen molar-refractivity contribution in [2.24, 2.45) is 11.3 Å². The molecule has 1 rings (SSSR count). The molecule has 0 aromatic carbocycles.